The second kappa shape index (κ2) is 8.56. The normalized spacial score (nSPS) is 12.5. The van der Waals surface area contributed by atoms with Gasteiger partial charge in [-0.05, 0) is 56.2 Å². The van der Waals surface area contributed by atoms with E-state index in [9.17, 15) is 13.2 Å². The van der Waals surface area contributed by atoms with Crippen molar-refractivity contribution in [1.29, 1.82) is 0 Å². The highest BCUT2D eigenvalue weighted by Crippen LogP contribution is 2.23. The first-order chi connectivity index (χ1) is 12.2. The number of aryl methyl sites for hydroxylation is 1. The number of benzene rings is 2. The molecule has 0 aliphatic carbocycles. The smallest absolute Gasteiger partial charge is 0.261 e. The van der Waals surface area contributed by atoms with E-state index < -0.39 is 10.0 Å². The predicted octanol–water partition coefficient (Wildman–Crippen LogP) is 4.37. The van der Waals surface area contributed by atoms with Crippen LogP contribution in [0.25, 0.3) is 0 Å². The summed E-state index contributed by atoms with van der Waals surface area (Å²) in [6.45, 7) is 5.80. The summed E-state index contributed by atoms with van der Waals surface area (Å²) in [5.41, 5.74) is 1.54. The first-order valence-corrected chi connectivity index (χ1v) is 10.3. The predicted molar refractivity (Wildman–Crippen MR) is 105 cm³/mol. The molecule has 0 unspecified atom stereocenters. The fraction of sp³-hybridized carbons (Fsp3) is 0.316. The van der Waals surface area contributed by atoms with E-state index in [1.54, 1.807) is 18.2 Å². The summed E-state index contributed by atoms with van der Waals surface area (Å²) < 4.78 is 27.8. The molecule has 0 radical (unpaired) electrons. The van der Waals surface area contributed by atoms with Crippen LogP contribution < -0.4 is 10.0 Å². The van der Waals surface area contributed by atoms with Gasteiger partial charge in [-0.25, -0.2) is 8.42 Å². The zero-order valence-corrected chi connectivity index (χ0v) is 16.6. The Morgan fingerprint density at radius 1 is 1.19 bits per heavy atom. The van der Waals surface area contributed by atoms with E-state index in [-0.39, 0.29) is 27.4 Å². The molecule has 7 heteroatoms. The van der Waals surface area contributed by atoms with Gasteiger partial charge in [-0.2, -0.15) is 0 Å². The van der Waals surface area contributed by atoms with Crippen LogP contribution in [-0.4, -0.2) is 20.4 Å². The summed E-state index contributed by atoms with van der Waals surface area (Å²) in [4.78, 5) is 12.4. The third kappa shape index (κ3) is 5.22. The molecular weight excluding hydrogens is 372 g/mol. The van der Waals surface area contributed by atoms with Crippen molar-refractivity contribution in [3.05, 3.63) is 58.6 Å². The number of hydrogen-bond acceptors (Lipinski definition) is 3. The maximum absolute atomic E-state index is 12.6. The Kier molecular flexibility index (Phi) is 6.67. The maximum Gasteiger partial charge on any atom is 0.261 e. The van der Waals surface area contributed by atoms with Gasteiger partial charge in [-0.15, -0.1) is 0 Å². The minimum absolute atomic E-state index is 0.0169. The van der Waals surface area contributed by atoms with Crippen LogP contribution in [-0.2, 0) is 10.0 Å². The van der Waals surface area contributed by atoms with Crippen molar-refractivity contribution in [2.75, 3.05) is 4.72 Å². The summed E-state index contributed by atoms with van der Waals surface area (Å²) in [5, 5.41) is 3.04. The third-order valence-electron chi connectivity index (χ3n) is 3.86. The zero-order valence-electron chi connectivity index (χ0n) is 15.0. The Balaban J connectivity index is 2.28. The van der Waals surface area contributed by atoms with E-state index in [0.717, 1.165) is 18.4 Å². The molecule has 1 atom stereocenters. The second-order valence-electron chi connectivity index (χ2n) is 6.28. The van der Waals surface area contributed by atoms with Crippen molar-refractivity contribution in [3.63, 3.8) is 0 Å². The number of nitrogens with one attached hydrogen (secondary N) is 2. The first-order valence-electron chi connectivity index (χ1n) is 8.43. The highest BCUT2D eigenvalue weighted by atomic mass is 35.5. The quantitative estimate of drug-likeness (QED) is 0.732. The van der Waals surface area contributed by atoms with Crippen LogP contribution in [0.15, 0.2) is 47.4 Å². The Labute approximate surface area is 159 Å². The van der Waals surface area contributed by atoms with Crippen molar-refractivity contribution in [1.82, 2.24) is 5.32 Å². The highest BCUT2D eigenvalue weighted by Gasteiger charge is 2.20. The summed E-state index contributed by atoms with van der Waals surface area (Å²) in [6, 6.07) is 11.1. The number of amides is 1. The van der Waals surface area contributed by atoms with Crippen LogP contribution in [0.2, 0.25) is 5.02 Å². The Hall–Kier alpha value is -2.05. The minimum Gasteiger partial charge on any atom is -0.350 e. The van der Waals surface area contributed by atoms with Gasteiger partial charge in [0.2, 0.25) is 0 Å². The molecule has 2 rings (SSSR count). The van der Waals surface area contributed by atoms with Gasteiger partial charge in [0.1, 0.15) is 0 Å². The largest absolute Gasteiger partial charge is 0.350 e. The van der Waals surface area contributed by atoms with Crippen LogP contribution in [0, 0.1) is 6.92 Å². The van der Waals surface area contributed by atoms with Gasteiger partial charge in [-0.3, -0.25) is 9.52 Å². The number of sulfonamides is 1. The Morgan fingerprint density at radius 3 is 2.58 bits per heavy atom. The van der Waals surface area contributed by atoms with Crippen molar-refractivity contribution in [2.45, 2.75) is 44.6 Å². The van der Waals surface area contributed by atoms with Gasteiger partial charge in [-0.1, -0.05) is 37.1 Å². The lowest BCUT2D eigenvalue weighted by molar-refractivity contribution is 0.0938. The number of rotatable bonds is 7. The van der Waals surface area contributed by atoms with Crippen LogP contribution >= 0.6 is 11.6 Å². The van der Waals surface area contributed by atoms with E-state index in [1.807, 2.05) is 26.8 Å². The van der Waals surface area contributed by atoms with E-state index in [2.05, 4.69) is 10.0 Å². The Bertz CT molecular complexity index is 897. The number of carbonyl (C=O) groups excluding carboxylic acids is 1. The SMILES string of the molecule is CCC[C@@H](C)NC(=O)c1cc(S(=O)(=O)Nc2cccc(C)c2)ccc1Cl. The molecule has 1 amide bonds. The van der Waals surface area contributed by atoms with E-state index in [4.69, 9.17) is 11.6 Å². The van der Waals surface area contributed by atoms with Gasteiger partial charge in [0.15, 0.2) is 0 Å². The van der Waals surface area contributed by atoms with Gasteiger partial charge in [0, 0.05) is 11.7 Å². The lowest BCUT2D eigenvalue weighted by atomic mass is 10.1. The molecular formula is C19H23ClN2O3S. The number of carbonyl (C=O) groups is 1. The van der Waals surface area contributed by atoms with Crippen molar-refractivity contribution >= 4 is 33.2 Å². The highest BCUT2D eigenvalue weighted by molar-refractivity contribution is 7.92. The van der Waals surface area contributed by atoms with Crippen molar-refractivity contribution in [2.24, 2.45) is 0 Å². The number of anilines is 1. The van der Waals surface area contributed by atoms with Crippen LogP contribution in [0.5, 0.6) is 0 Å². The molecule has 0 aliphatic rings. The van der Waals surface area contributed by atoms with Crippen molar-refractivity contribution in [3.8, 4) is 0 Å². The van der Waals surface area contributed by atoms with Crippen LogP contribution in [0.4, 0.5) is 5.69 Å². The van der Waals surface area contributed by atoms with Crippen molar-refractivity contribution < 1.29 is 13.2 Å². The Morgan fingerprint density at radius 2 is 1.92 bits per heavy atom. The van der Waals surface area contributed by atoms with Gasteiger partial charge in [0.25, 0.3) is 15.9 Å². The topological polar surface area (TPSA) is 75.3 Å². The van der Waals surface area contributed by atoms with Crippen LogP contribution in [0.3, 0.4) is 0 Å². The zero-order chi connectivity index (χ0) is 19.3. The molecule has 26 heavy (non-hydrogen) atoms. The number of hydrogen-bond donors (Lipinski definition) is 2. The molecule has 0 saturated carbocycles. The van der Waals surface area contributed by atoms with E-state index in [1.165, 1.54) is 18.2 Å². The monoisotopic (exact) mass is 394 g/mol. The van der Waals surface area contributed by atoms with Gasteiger partial charge in [0.05, 0.1) is 15.5 Å². The van der Waals surface area contributed by atoms with Gasteiger partial charge >= 0.3 is 0 Å². The second-order valence-corrected chi connectivity index (χ2v) is 8.37. The fourth-order valence-corrected chi connectivity index (χ4v) is 3.85. The summed E-state index contributed by atoms with van der Waals surface area (Å²) in [5.74, 6) is -0.386. The van der Waals surface area contributed by atoms with Gasteiger partial charge < -0.3 is 5.32 Å². The molecule has 0 aliphatic heterocycles. The molecule has 0 spiro atoms. The lowest BCUT2D eigenvalue weighted by Gasteiger charge is -2.14. The van der Waals surface area contributed by atoms with Crippen LogP contribution in [0.1, 0.15) is 42.6 Å². The molecule has 0 heterocycles. The fourth-order valence-electron chi connectivity index (χ4n) is 2.57. The molecule has 2 N–H and O–H groups in total. The average Bonchev–Trinajstić information content (AvgIpc) is 2.54. The molecule has 140 valence electrons. The standard InChI is InChI=1S/C19H23ClN2O3S/c1-4-6-14(3)21-19(23)17-12-16(9-10-18(17)20)26(24,25)22-15-8-5-7-13(2)11-15/h5,7-12,14,22H,4,6H2,1-3H3,(H,21,23)/t14-/m1/s1. The summed E-state index contributed by atoms with van der Waals surface area (Å²) in [6.07, 6.45) is 1.76. The average molecular weight is 395 g/mol. The first kappa shape index (κ1) is 20.3. The molecule has 0 saturated heterocycles. The van der Waals surface area contributed by atoms with E-state index >= 15 is 0 Å². The molecule has 0 aromatic heterocycles. The third-order valence-corrected chi connectivity index (χ3v) is 5.57. The maximum atomic E-state index is 12.6. The molecule has 5 nitrogen and oxygen atoms in total. The number of halogens is 1. The molecule has 0 bridgehead atoms. The summed E-state index contributed by atoms with van der Waals surface area (Å²) in [7, 11) is -3.83. The summed E-state index contributed by atoms with van der Waals surface area (Å²) >= 11 is 6.11. The minimum atomic E-state index is -3.83. The molecule has 2 aromatic rings. The molecule has 0 fully saturated rings. The van der Waals surface area contributed by atoms with E-state index in [0.29, 0.717) is 5.69 Å². The lowest BCUT2D eigenvalue weighted by Crippen LogP contribution is -2.32. The molecule has 2 aromatic carbocycles.